The SMILES string of the molecule is Cc1cc(NC(=O)c2ccc3[nH]c(C)c(C)c3c2)n(C2CCCC2)n1. The van der Waals surface area contributed by atoms with Crippen LogP contribution < -0.4 is 5.32 Å². The van der Waals surface area contributed by atoms with E-state index >= 15 is 0 Å². The number of hydrogen-bond acceptors (Lipinski definition) is 2. The molecular weight excluding hydrogens is 312 g/mol. The number of anilines is 1. The van der Waals surface area contributed by atoms with Crippen molar-refractivity contribution in [2.75, 3.05) is 5.32 Å². The maximum Gasteiger partial charge on any atom is 0.256 e. The summed E-state index contributed by atoms with van der Waals surface area (Å²) >= 11 is 0. The third kappa shape index (κ3) is 2.84. The van der Waals surface area contributed by atoms with Gasteiger partial charge in [0.15, 0.2) is 0 Å². The number of carbonyl (C=O) groups is 1. The van der Waals surface area contributed by atoms with Gasteiger partial charge in [-0.25, -0.2) is 4.68 Å². The molecule has 0 saturated heterocycles. The molecule has 2 heterocycles. The van der Waals surface area contributed by atoms with Gasteiger partial charge < -0.3 is 10.3 Å². The van der Waals surface area contributed by atoms with E-state index in [0.29, 0.717) is 11.6 Å². The van der Waals surface area contributed by atoms with Crippen LogP contribution in [0, 0.1) is 20.8 Å². The summed E-state index contributed by atoms with van der Waals surface area (Å²) in [6.45, 7) is 6.10. The summed E-state index contributed by atoms with van der Waals surface area (Å²) in [5.41, 5.74) is 5.01. The van der Waals surface area contributed by atoms with E-state index in [-0.39, 0.29) is 5.91 Å². The maximum absolute atomic E-state index is 12.8. The molecule has 0 unspecified atom stereocenters. The van der Waals surface area contributed by atoms with E-state index in [1.165, 1.54) is 18.4 Å². The Morgan fingerprint density at radius 3 is 2.72 bits per heavy atom. The summed E-state index contributed by atoms with van der Waals surface area (Å²) in [5.74, 6) is 0.718. The molecule has 1 aliphatic rings. The number of nitrogens with one attached hydrogen (secondary N) is 2. The quantitative estimate of drug-likeness (QED) is 0.731. The molecule has 1 fully saturated rings. The average Bonchev–Trinajstić information content (AvgIpc) is 3.29. The second-order valence-corrected chi connectivity index (χ2v) is 7.14. The van der Waals surface area contributed by atoms with Crippen LogP contribution in [0.15, 0.2) is 24.3 Å². The summed E-state index contributed by atoms with van der Waals surface area (Å²) in [7, 11) is 0. The summed E-state index contributed by atoms with van der Waals surface area (Å²) in [4.78, 5) is 16.1. The van der Waals surface area contributed by atoms with Gasteiger partial charge in [0.25, 0.3) is 5.91 Å². The number of hydrogen-bond donors (Lipinski definition) is 2. The van der Waals surface area contributed by atoms with Crippen LogP contribution in [-0.2, 0) is 0 Å². The van der Waals surface area contributed by atoms with Gasteiger partial charge in [-0.1, -0.05) is 12.8 Å². The number of aromatic nitrogens is 3. The molecule has 4 rings (SSSR count). The Morgan fingerprint density at radius 2 is 1.96 bits per heavy atom. The van der Waals surface area contributed by atoms with Crippen LogP contribution in [0.1, 0.15) is 59.0 Å². The minimum absolute atomic E-state index is 0.0840. The van der Waals surface area contributed by atoms with Crippen molar-refractivity contribution >= 4 is 22.6 Å². The molecule has 25 heavy (non-hydrogen) atoms. The Balaban J connectivity index is 1.63. The number of H-pyrrole nitrogens is 1. The number of nitrogens with zero attached hydrogens (tertiary/aromatic N) is 2. The van der Waals surface area contributed by atoms with E-state index < -0.39 is 0 Å². The molecule has 5 heteroatoms. The fourth-order valence-electron chi connectivity index (χ4n) is 3.83. The lowest BCUT2D eigenvalue weighted by molar-refractivity contribution is 0.102. The van der Waals surface area contributed by atoms with Crippen LogP contribution in [0.4, 0.5) is 5.82 Å². The van der Waals surface area contributed by atoms with Gasteiger partial charge in [0.05, 0.1) is 11.7 Å². The van der Waals surface area contributed by atoms with E-state index in [0.717, 1.165) is 41.0 Å². The molecule has 0 bridgehead atoms. The van der Waals surface area contributed by atoms with E-state index in [2.05, 4.69) is 29.2 Å². The Morgan fingerprint density at radius 1 is 1.20 bits per heavy atom. The number of benzene rings is 1. The Bertz CT molecular complexity index is 944. The van der Waals surface area contributed by atoms with E-state index in [9.17, 15) is 4.79 Å². The summed E-state index contributed by atoms with van der Waals surface area (Å²) in [5, 5.41) is 8.77. The van der Waals surface area contributed by atoms with Crippen molar-refractivity contribution in [1.29, 1.82) is 0 Å². The zero-order chi connectivity index (χ0) is 17.6. The van der Waals surface area contributed by atoms with Crippen molar-refractivity contribution in [3.05, 3.63) is 46.8 Å². The molecule has 3 aromatic rings. The Labute approximate surface area is 147 Å². The first-order chi connectivity index (χ1) is 12.0. The first kappa shape index (κ1) is 15.9. The molecule has 1 saturated carbocycles. The molecule has 0 spiro atoms. The van der Waals surface area contributed by atoms with E-state index in [1.807, 2.05) is 35.9 Å². The van der Waals surface area contributed by atoms with Gasteiger partial charge in [-0.3, -0.25) is 4.79 Å². The van der Waals surface area contributed by atoms with Crippen molar-refractivity contribution in [2.45, 2.75) is 52.5 Å². The van der Waals surface area contributed by atoms with Gasteiger partial charge in [-0.05, 0) is 57.4 Å². The van der Waals surface area contributed by atoms with Gasteiger partial charge in [-0.15, -0.1) is 0 Å². The van der Waals surface area contributed by atoms with Crippen LogP contribution in [0.25, 0.3) is 10.9 Å². The third-order valence-electron chi connectivity index (χ3n) is 5.34. The number of amides is 1. The Hall–Kier alpha value is -2.56. The van der Waals surface area contributed by atoms with Crippen LogP contribution in [0.2, 0.25) is 0 Å². The normalized spacial score (nSPS) is 15.2. The molecule has 2 N–H and O–H groups in total. The van der Waals surface area contributed by atoms with Crippen molar-refractivity contribution in [3.63, 3.8) is 0 Å². The standard InChI is InChI=1S/C20H24N4O/c1-12-10-19(24(23-12)16-6-4-5-7-16)22-20(25)15-8-9-18-17(11-15)13(2)14(3)21-18/h8-11,16,21H,4-7H2,1-3H3,(H,22,25). The first-order valence-electron chi connectivity index (χ1n) is 8.99. The summed E-state index contributed by atoms with van der Waals surface area (Å²) in [6.07, 6.45) is 4.75. The van der Waals surface area contributed by atoms with Gasteiger partial charge in [0.1, 0.15) is 5.82 Å². The topological polar surface area (TPSA) is 62.7 Å². The first-order valence-corrected chi connectivity index (χ1v) is 8.99. The number of carbonyl (C=O) groups excluding carboxylic acids is 1. The molecule has 1 aliphatic carbocycles. The fraction of sp³-hybridized carbons (Fsp3) is 0.400. The lowest BCUT2D eigenvalue weighted by Gasteiger charge is -2.14. The maximum atomic E-state index is 12.8. The highest BCUT2D eigenvalue weighted by Gasteiger charge is 2.22. The van der Waals surface area contributed by atoms with Crippen molar-refractivity contribution in [3.8, 4) is 0 Å². The monoisotopic (exact) mass is 336 g/mol. The zero-order valence-corrected chi connectivity index (χ0v) is 15.0. The second kappa shape index (κ2) is 6.06. The molecule has 1 amide bonds. The molecule has 130 valence electrons. The summed E-state index contributed by atoms with van der Waals surface area (Å²) < 4.78 is 2.00. The summed E-state index contributed by atoms with van der Waals surface area (Å²) in [6, 6.07) is 8.17. The van der Waals surface area contributed by atoms with Crippen molar-refractivity contribution in [1.82, 2.24) is 14.8 Å². The van der Waals surface area contributed by atoms with Gasteiger partial charge in [-0.2, -0.15) is 5.10 Å². The van der Waals surface area contributed by atoms with Crippen molar-refractivity contribution in [2.24, 2.45) is 0 Å². The second-order valence-electron chi connectivity index (χ2n) is 7.14. The number of fused-ring (bicyclic) bond motifs is 1. The van der Waals surface area contributed by atoms with E-state index in [1.54, 1.807) is 0 Å². The number of aryl methyl sites for hydroxylation is 3. The largest absolute Gasteiger partial charge is 0.358 e. The van der Waals surface area contributed by atoms with Crippen LogP contribution in [0.5, 0.6) is 0 Å². The predicted octanol–water partition coefficient (Wildman–Crippen LogP) is 4.66. The van der Waals surface area contributed by atoms with Gasteiger partial charge in [0, 0.05) is 28.2 Å². The average molecular weight is 336 g/mol. The van der Waals surface area contributed by atoms with Crippen LogP contribution in [-0.4, -0.2) is 20.7 Å². The molecule has 0 aliphatic heterocycles. The number of rotatable bonds is 3. The highest BCUT2D eigenvalue weighted by Crippen LogP contribution is 2.32. The van der Waals surface area contributed by atoms with Crippen LogP contribution >= 0.6 is 0 Å². The smallest absolute Gasteiger partial charge is 0.256 e. The third-order valence-corrected chi connectivity index (χ3v) is 5.34. The lowest BCUT2D eigenvalue weighted by atomic mass is 10.1. The molecule has 2 aromatic heterocycles. The molecule has 5 nitrogen and oxygen atoms in total. The lowest BCUT2D eigenvalue weighted by Crippen LogP contribution is -2.17. The highest BCUT2D eigenvalue weighted by molar-refractivity contribution is 6.06. The molecule has 1 aromatic carbocycles. The molecular formula is C20H24N4O. The fourth-order valence-corrected chi connectivity index (χ4v) is 3.83. The zero-order valence-electron chi connectivity index (χ0n) is 15.0. The predicted molar refractivity (Wildman–Crippen MR) is 100 cm³/mol. The Kier molecular flexibility index (Phi) is 3.86. The minimum Gasteiger partial charge on any atom is -0.358 e. The van der Waals surface area contributed by atoms with Crippen molar-refractivity contribution < 1.29 is 4.79 Å². The van der Waals surface area contributed by atoms with Crippen LogP contribution in [0.3, 0.4) is 0 Å². The van der Waals surface area contributed by atoms with Gasteiger partial charge >= 0.3 is 0 Å². The van der Waals surface area contributed by atoms with E-state index in [4.69, 9.17) is 0 Å². The van der Waals surface area contributed by atoms with Gasteiger partial charge in [0.2, 0.25) is 0 Å². The molecule has 0 radical (unpaired) electrons. The molecule has 0 atom stereocenters. The highest BCUT2D eigenvalue weighted by atomic mass is 16.1. The number of aromatic amines is 1. The minimum atomic E-state index is -0.0840.